The SMILES string of the molecule is C#CCN(CC)Cc1occc1CN. The molecule has 2 N–H and O–H groups in total. The molecule has 0 unspecified atom stereocenters. The zero-order valence-electron chi connectivity index (χ0n) is 8.49. The van der Waals surface area contributed by atoms with E-state index < -0.39 is 0 Å². The van der Waals surface area contributed by atoms with E-state index in [1.54, 1.807) is 6.26 Å². The summed E-state index contributed by atoms with van der Waals surface area (Å²) in [6.45, 7) is 4.87. The van der Waals surface area contributed by atoms with Crippen molar-refractivity contribution < 1.29 is 4.42 Å². The van der Waals surface area contributed by atoms with Gasteiger partial charge in [0.15, 0.2) is 0 Å². The molecule has 1 aromatic heterocycles. The largest absolute Gasteiger partial charge is 0.468 e. The van der Waals surface area contributed by atoms with Crippen molar-refractivity contribution in [1.82, 2.24) is 4.90 Å². The summed E-state index contributed by atoms with van der Waals surface area (Å²) in [5, 5.41) is 0. The van der Waals surface area contributed by atoms with Crippen molar-refractivity contribution in [2.75, 3.05) is 13.1 Å². The highest BCUT2D eigenvalue weighted by atomic mass is 16.3. The molecule has 3 nitrogen and oxygen atoms in total. The van der Waals surface area contributed by atoms with Crippen molar-refractivity contribution >= 4 is 0 Å². The minimum absolute atomic E-state index is 0.513. The summed E-state index contributed by atoms with van der Waals surface area (Å²) in [7, 11) is 0. The second kappa shape index (κ2) is 5.48. The van der Waals surface area contributed by atoms with Gasteiger partial charge in [0.2, 0.25) is 0 Å². The zero-order valence-corrected chi connectivity index (χ0v) is 8.49. The number of nitrogens with two attached hydrogens (primary N) is 1. The lowest BCUT2D eigenvalue weighted by Crippen LogP contribution is -2.23. The van der Waals surface area contributed by atoms with Gasteiger partial charge in [0.05, 0.1) is 19.4 Å². The average molecular weight is 192 g/mol. The molecule has 1 aromatic rings. The smallest absolute Gasteiger partial charge is 0.122 e. The van der Waals surface area contributed by atoms with Crippen LogP contribution in [0.25, 0.3) is 0 Å². The van der Waals surface area contributed by atoms with Gasteiger partial charge in [-0.2, -0.15) is 0 Å². The van der Waals surface area contributed by atoms with Crippen LogP contribution in [0, 0.1) is 12.3 Å². The van der Waals surface area contributed by atoms with Crippen molar-refractivity contribution in [3.05, 3.63) is 23.7 Å². The maximum Gasteiger partial charge on any atom is 0.122 e. The van der Waals surface area contributed by atoms with E-state index in [9.17, 15) is 0 Å². The molecule has 76 valence electrons. The molecule has 1 heterocycles. The summed E-state index contributed by atoms with van der Waals surface area (Å²) < 4.78 is 5.34. The third-order valence-corrected chi connectivity index (χ3v) is 2.19. The normalized spacial score (nSPS) is 10.4. The summed E-state index contributed by atoms with van der Waals surface area (Å²) >= 11 is 0. The molecule has 0 fully saturated rings. The minimum Gasteiger partial charge on any atom is -0.468 e. The number of rotatable bonds is 5. The fraction of sp³-hybridized carbons (Fsp3) is 0.455. The van der Waals surface area contributed by atoms with E-state index in [4.69, 9.17) is 16.6 Å². The van der Waals surface area contributed by atoms with Crippen LogP contribution in [0.3, 0.4) is 0 Å². The van der Waals surface area contributed by atoms with Gasteiger partial charge in [-0.1, -0.05) is 12.8 Å². The van der Waals surface area contributed by atoms with Gasteiger partial charge in [0.25, 0.3) is 0 Å². The first-order valence-electron chi connectivity index (χ1n) is 4.73. The van der Waals surface area contributed by atoms with Crippen LogP contribution in [0.2, 0.25) is 0 Å². The molecular weight excluding hydrogens is 176 g/mol. The van der Waals surface area contributed by atoms with E-state index in [1.807, 2.05) is 6.07 Å². The number of hydrogen-bond acceptors (Lipinski definition) is 3. The lowest BCUT2D eigenvalue weighted by Gasteiger charge is -2.16. The van der Waals surface area contributed by atoms with Gasteiger partial charge < -0.3 is 10.2 Å². The van der Waals surface area contributed by atoms with Gasteiger partial charge in [0, 0.05) is 12.1 Å². The van der Waals surface area contributed by atoms with Crippen molar-refractivity contribution in [1.29, 1.82) is 0 Å². The highest BCUT2D eigenvalue weighted by Gasteiger charge is 2.08. The van der Waals surface area contributed by atoms with Crippen LogP contribution in [0.5, 0.6) is 0 Å². The quantitative estimate of drug-likeness (QED) is 0.713. The average Bonchev–Trinajstić information content (AvgIpc) is 2.64. The van der Waals surface area contributed by atoms with Crippen molar-refractivity contribution in [2.24, 2.45) is 5.73 Å². The Kier molecular flexibility index (Phi) is 4.24. The van der Waals surface area contributed by atoms with Crippen LogP contribution in [0.1, 0.15) is 18.2 Å². The fourth-order valence-electron chi connectivity index (χ4n) is 1.30. The molecule has 1 rings (SSSR count). The molecule has 0 amide bonds. The molecule has 0 spiro atoms. The van der Waals surface area contributed by atoms with Gasteiger partial charge in [-0.3, -0.25) is 4.90 Å². The summed E-state index contributed by atoms with van der Waals surface area (Å²) in [4.78, 5) is 2.12. The first kappa shape index (κ1) is 10.8. The molecule has 3 heteroatoms. The number of terminal acetylenes is 1. The van der Waals surface area contributed by atoms with Crippen LogP contribution < -0.4 is 5.73 Å². The van der Waals surface area contributed by atoms with Crippen LogP contribution >= 0.6 is 0 Å². The number of hydrogen-bond donors (Lipinski definition) is 1. The standard InChI is InChI=1S/C11H16N2O/c1-3-6-13(4-2)9-11-10(8-12)5-7-14-11/h1,5,7H,4,6,8-9,12H2,2H3. The lowest BCUT2D eigenvalue weighted by molar-refractivity contribution is 0.284. The Hall–Kier alpha value is -1.24. The second-order valence-electron chi connectivity index (χ2n) is 3.08. The molecule has 14 heavy (non-hydrogen) atoms. The summed E-state index contributed by atoms with van der Waals surface area (Å²) in [5.41, 5.74) is 6.62. The summed E-state index contributed by atoms with van der Waals surface area (Å²) in [6.07, 6.45) is 6.93. The van der Waals surface area contributed by atoms with Crippen molar-refractivity contribution in [2.45, 2.75) is 20.0 Å². The second-order valence-corrected chi connectivity index (χ2v) is 3.08. The highest BCUT2D eigenvalue weighted by molar-refractivity contribution is 5.16. The predicted octanol–water partition coefficient (Wildman–Crippen LogP) is 1.19. The van der Waals surface area contributed by atoms with Gasteiger partial charge >= 0.3 is 0 Å². The van der Waals surface area contributed by atoms with E-state index in [2.05, 4.69) is 17.7 Å². The van der Waals surface area contributed by atoms with Crippen LogP contribution in [-0.4, -0.2) is 18.0 Å². The van der Waals surface area contributed by atoms with E-state index >= 15 is 0 Å². The van der Waals surface area contributed by atoms with Gasteiger partial charge in [-0.25, -0.2) is 0 Å². The number of furan rings is 1. The Morgan fingerprint density at radius 1 is 1.64 bits per heavy atom. The maximum absolute atomic E-state index is 5.57. The molecule has 0 radical (unpaired) electrons. The molecule has 0 aliphatic heterocycles. The van der Waals surface area contributed by atoms with Crippen LogP contribution in [-0.2, 0) is 13.1 Å². The Bertz CT molecular complexity index is 311. The zero-order chi connectivity index (χ0) is 10.4. The first-order chi connectivity index (χ1) is 6.81. The topological polar surface area (TPSA) is 42.4 Å². The number of nitrogens with zero attached hydrogens (tertiary/aromatic N) is 1. The fourth-order valence-corrected chi connectivity index (χ4v) is 1.30. The Labute approximate surface area is 84.9 Å². The van der Waals surface area contributed by atoms with Crippen LogP contribution in [0.4, 0.5) is 0 Å². The molecule has 0 aliphatic carbocycles. The summed E-state index contributed by atoms with van der Waals surface area (Å²) in [5.74, 6) is 3.54. The monoisotopic (exact) mass is 192 g/mol. The Balaban J connectivity index is 2.62. The van der Waals surface area contributed by atoms with Gasteiger partial charge in [-0.05, 0) is 12.6 Å². The Morgan fingerprint density at radius 2 is 2.43 bits per heavy atom. The van der Waals surface area contributed by atoms with Crippen molar-refractivity contribution in [3.63, 3.8) is 0 Å². The molecule has 0 bridgehead atoms. The van der Waals surface area contributed by atoms with E-state index in [-0.39, 0.29) is 0 Å². The molecule has 0 saturated carbocycles. The van der Waals surface area contributed by atoms with E-state index in [0.717, 1.165) is 24.4 Å². The highest BCUT2D eigenvalue weighted by Crippen LogP contribution is 2.12. The summed E-state index contributed by atoms with van der Waals surface area (Å²) in [6, 6.07) is 1.90. The first-order valence-corrected chi connectivity index (χ1v) is 4.73. The Morgan fingerprint density at radius 3 is 3.00 bits per heavy atom. The predicted molar refractivity (Wildman–Crippen MR) is 56.4 cm³/mol. The maximum atomic E-state index is 5.57. The van der Waals surface area contributed by atoms with E-state index in [0.29, 0.717) is 13.1 Å². The van der Waals surface area contributed by atoms with E-state index in [1.165, 1.54) is 0 Å². The molecule has 0 aromatic carbocycles. The van der Waals surface area contributed by atoms with Gasteiger partial charge in [0.1, 0.15) is 5.76 Å². The third-order valence-electron chi connectivity index (χ3n) is 2.19. The minimum atomic E-state index is 0.513. The van der Waals surface area contributed by atoms with Crippen molar-refractivity contribution in [3.8, 4) is 12.3 Å². The molecule has 0 saturated heterocycles. The van der Waals surface area contributed by atoms with Crippen LogP contribution in [0.15, 0.2) is 16.7 Å². The lowest BCUT2D eigenvalue weighted by atomic mass is 10.2. The molecule has 0 atom stereocenters. The van der Waals surface area contributed by atoms with Gasteiger partial charge in [-0.15, -0.1) is 6.42 Å². The molecular formula is C11H16N2O. The molecule has 0 aliphatic rings. The third kappa shape index (κ3) is 2.63.